The van der Waals surface area contributed by atoms with Crippen LogP contribution in [0.3, 0.4) is 0 Å². The first-order chi connectivity index (χ1) is 8.36. The number of nitrogens with zero attached hydrogens (tertiary/aromatic N) is 1. The molecule has 0 saturated carbocycles. The lowest BCUT2D eigenvalue weighted by Gasteiger charge is -2.21. The molecule has 2 rings (SSSR count). The third-order valence-electron chi connectivity index (χ3n) is 3.07. The molecule has 2 heterocycles. The van der Waals surface area contributed by atoms with Gasteiger partial charge in [-0.25, -0.2) is 0 Å². The summed E-state index contributed by atoms with van der Waals surface area (Å²) in [7, 11) is 0. The molecule has 0 radical (unpaired) electrons. The summed E-state index contributed by atoms with van der Waals surface area (Å²) >= 11 is 0. The number of nitrogens with one attached hydrogen (secondary N) is 2. The lowest BCUT2D eigenvalue weighted by molar-refractivity contribution is -0.125. The van der Waals surface area contributed by atoms with Crippen molar-refractivity contribution < 1.29 is 4.79 Å². The second kappa shape index (κ2) is 10.0. The van der Waals surface area contributed by atoms with Crippen molar-refractivity contribution in [3.8, 4) is 0 Å². The molecule has 1 fully saturated rings. The molecule has 1 unspecified atom stereocenters. The molecule has 1 saturated heterocycles. The van der Waals surface area contributed by atoms with Gasteiger partial charge in [0.25, 0.3) is 0 Å². The average molecular weight is 306 g/mol. The van der Waals surface area contributed by atoms with E-state index in [0.29, 0.717) is 6.54 Å². The second-order valence-corrected chi connectivity index (χ2v) is 4.41. The number of aromatic nitrogens is 1. The van der Waals surface area contributed by atoms with Gasteiger partial charge in [-0.1, -0.05) is 6.07 Å². The topological polar surface area (TPSA) is 54.0 Å². The van der Waals surface area contributed by atoms with Crippen LogP contribution in [0.15, 0.2) is 24.4 Å². The summed E-state index contributed by atoms with van der Waals surface area (Å²) in [4.78, 5) is 16.0. The van der Waals surface area contributed by atoms with E-state index in [2.05, 4.69) is 15.6 Å². The predicted molar refractivity (Wildman–Crippen MR) is 81.0 cm³/mol. The summed E-state index contributed by atoms with van der Waals surface area (Å²) in [6.07, 6.45) is 4.68. The van der Waals surface area contributed by atoms with Gasteiger partial charge in [0.05, 0.1) is 5.92 Å². The quantitative estimate of drug-likeness (QED) is 0.888. The fourth-order valence-corrected chi connectivity index (χ4v) is 2.08. The molecule has 1 atom stereocenters. The summed E-state index contributed by atoms with van der Waals surface area (Å²) in [6, 6.07) is 5.85. The first-order valence-corrected chi connectivity index (χ1v) is 6.24. The summed E-state index contributed by atoms with van der Waals surface area (Å²) in [5.41, 5.74) is 1.02. The molecule has 1 aromatic rings. The van der Waals surface area contributed by atoms with Crippen LogP contribution >= 0.6 is 24.8 Å². The first kappa shape index (κ1) is 18.2. The minimum atomic E-state index is 0. The van der Waals surface area contributed by atoms with Gasteiger partial charge in [0.2, 0.25) is 5.91 Å². The molecule has 0 aromatic carbocycles. The fourth-order valence-electron chi connectivity index (χ4n) is 2.08. The van der Waals surface area contributed by atoms with E-state index in [-0.39, 0.29) is 36.6 Å². The molecule has 4 nitrogen and oxygen atoms in total. The van der Waals surface area contributed by atoms with Crippen LogP contribution in [-0.2, 0) is 11.2 Å². The Morgan fingerprint density at radius 2 is 2.26 bits per heavy atom. The van der Waals surface area contributed by atoms with E-state index < -0.39 is 0 Å². The Morgan fingerprint density at radius 3 is 2.89 bits per heavy atom. The summed E-state index contributed by atoms with van der Waals surface area (Å²) < 4.78 is 0. The van der Waals surface area contributed by atoms with Gasteiger partial charge in [-0.05, 0) is 31.5 Å². The monoisotopic (exact) mass is 305 g/mol. The van der Waals surface area contributed by atoms with Crippen LogP contribution in [0, 0.1) is 5.92 Å². The molecule has 6 heteroatoms. The van der Waals surface area contributed by atoms with Gasteiger partial charge >= 0.3 is 0 Å². The van der Waals surface area contributed by atoms with Crippen LogP contribution in [-0.4, -0.2) is 30.5 Å². The Kier molecular flexibility index (Phi) is 9.57. The van der Waals surface area contributed by atoms with E-state index in [0.717, 1.165) is 38.0 Å². The molecular weight excluding hydrogens is 285 g/mol. The molecule has 0 bridgehead atoms. The Bertz CT molecular complexity index is 356. The SMILES string of the molecule is Cl.Cl.O=C(NCCc1ccccn1)C1CCCNC1. The maximum atomic E-state index is 11.8. The number of rotatable bonds is 4. The zero-order valence-corrected chi connectivity index (χ0v) is 12.4. The highest BCUT2D eigenvalue weighted by molar-refractivity contribution is 5.85. The standard InChI is InChI=1S/C13H19N3O.2ClH/c17-13(11-4-3-7-14-10-11)16-9-6-12-5-1-2-8-15-12;;/h1-2,5,8,11,14H,3-4,6-7,9-10H2,(H,16,17);2*1H. The summed E-state index contributed by atoms with van der Waals surface area (Å²) in [5, 5.41) is 6.23. The minimum absolute atomic E-state index is 0. The highest BCUT2D eigenvalue weighted by atomic mass is 35.5. The van der Waals surface area contributed by atoms with E-state index in [1.165, 1.54) is 0 Å². The third-order valence-corrected chi connectivity index (χ3v) is 3.07. The molecule has 108 valence electrons. The Balaban J connectivity index is 0.00000162. The van der Waals surface area contributed by atoms with E-state index in [1.807, 2.05) is 18.2 Å². The number of pyridine rings is 1. The summed E-state index contributed by atoms with van der Waals surface area (Å²) in [6.45, 7) is 2.53. The van der Waals surface area contributed by atoms with Crippen LogP contribution in [0.4, 0.5) is 0 Å². The van der Waals surface area contributed by atoms with Crippen molar-refractivity contribution in [2.75, 3.05) is 19.6 Å². The molecule has 1 aromatic heterocycles. The van der Waals surface area contributed by atoms with Crippen molar-refractivity contribution in [1.82, 2.24) is 15.6 Å². The number of hydrogen-bond donors (Lipinski definition) is 2. The van der Waals surface area contributed by atoms with Crippen molar-refractivity contribution >= 4 is 30.7 Å². The molecule has 2 N–H and O–H groups in total. The molecular formula is C13H21Cl2N3O. The third kappa shape index (κ3) is 6.23. The van der Waals surface area contributed by atoms with Crippen molar-refractivity contribution in [2.24, 2.45) is 5.92 Å². The maximum absolute atomic E-state index is 11.8. The van der Waals surface area contributed by atoms with Gasteiger partial charge in [0.15, 0.2) is 0 Å². The number of hydrogen-bond acceptors (Lipinski definition) is 3. The Morgan fingerprint density at radius 1 is 1.42 bits per heavy atom. The van der Waals surface area contributed by atoms with E-state index >= 15 is 0 Å². The van der Waals surface area contributed by atoms with Crippen LogP contribution in [0.1, 0.15) is 18.5 Å². The molecule has 0 spiro atoms. The lowest BCUT2D eigenvalue weighted by Crippen LogP contribution is -2.41. The Hall–Kier alpha value is -0.840. The highest BCUT2D eigenvalue weighted by Gasteiger charge is 2.19. The maximum Gasteiger partial charge on any atom is 0.224 e. The zero-order valence-electron chi connectivity index (χ0n) is 10.8. The van der Waals surface area contributed by atoms with Crippen LogP contribution in [0.5, 0.6) is 0 Å². The van der Waals surface area contributed by atoms with Gasteiger partial charge in [-0.15, -0.1) is 24.8 Å². The smallest absolute Gasteiger partial charge is 0.224 e. The van der Waals surface area contributed by atoms with Crippen molar-refractivity contribution in [1.29, 1.82) is 0 Å². The van der Waals surface area contributed by atoms with Gasteiger partial charge < -0.3 is 10.6 Å². The van der Waals surface area contributed by atoms with Crippen LogP contribution in [0.25, 0.3) is 0 Å². The highest BCUT2D eigenvalue weighted by Crippen LogP contribution is 2.09. The van der Waals surface area contributed by atoms with Gasteiger partial charge in [-0.2, -0.15) is 0 Å². The molecule has 0 aliphatic carbocycles. The van der Waals surface area contributed by atoms with Gasteiger partial charge in [0, 0.05) is 31.4 Å². The number of amides is 1. The normalized spacial score (nSPS) is 17.8. The largest absolute Gasteiger partial charge is 0.355 e. The number of carbonyl (C=O) groups excluding carboxylic acids is 1. The average Bonchev–Trinajstić information content (AvgIpc) is 2.41. The van der Waals surface area contributed by atoms with Crippen molar-refractivity contribution in [3.05, 3.63) is 30.1 Å². The summed E-state index contributed by atoms with van der Waals surface area (Å²) in [5.74, 6) is 0.320. The van der Waals surface area contributed by atoms with Crippen LogP contribution < -0.4 is 10.6 Å². The van der Waals surface area contributed by atoms with E-state index in [9.17, 15) is 4.79 Å². The van der Waals surface area contributed by atoms with Crippen molar-refractivity contribution in [2.45, 2.75) is 19.3 Å². The number of halogens is 2. The van der Waals surface area contributed by atoms with Gasteiger partial charge in [-0.3, -0.25) is 9.78 Å². The molecule has 1 aliphatic heterocycles. The Labute approximate surface area is 126 Å². The first-order valence-electron chi connectivity index (χ1n) is 6.24. The number of carbonyl (C=O) groups is 1. The molecule has 19 heavy (non-hydrogen) atoms. The molecule has 1 aliphatic rings. The predicted octanol–water partition coefficient (Wildman–Crippen LogP) is 1.58. The van der Waals surface area contributed by atoms with Crippen LogP contribution in [0.2, 0.25) is 0 Å². The molecule has 1 amide bonds. The zero-order chi connectivity index (χ0) is 11.9. The van der Waals surface area contributed by atoms with Gasteiger partial charge in [0.1, 0.15) is 0 Å². The second-order valence-electron chi connectivity index (χ2n) is 4.41. The fraction of sp³-hybridized carbons (Fsp3) is 0.538. The lowest BCUT2D eigenvalue weighted by atomic mass is 9.99. The van der Waals surface area contributed by atoms with Crippen molar-refractivity contribution in [3.63, 3.8) is 0 Å². The minimum Gasteiger partial charge on any atom is -0.355 e. The van der Waals surface area contributed by atoms with E-state index in [1.54, 1.807) is 6.20 Å². The number of piperidine rings is 1. The van der Waals surface area contributed by atoms with E-state index in [4.69, 9.17) is 0 Å².